The highest BCUT2D eigenvalue weighted by Gasteiger charge is 2.20. The third kappa shape index (κ3) is 6.62. The van der Waals surface area contributed by atoms with Crippen LogP contribution in [0.2, 0.25) is 5.02 Å². The fourth-order valence-corrected chi connectivity index (χ4v) is 1.65. The fraction of sp³-hybridized carbons (Fsp3) is 0.308. The second-order valence-electron chi connectivity index (χ2n) is 4.28. The van der Waals surface area contributed by atoms with E-state index >= 15 is 0 Å². The summed E-state index contributed by atoms with van der Waals surface area (Å²) in [6.45, 7) is 0.203. The van der Waals surface area contributed by atoms with Gasteiger partial charge in [-0.3, -0.25) is 4.79 Å². The highest BCUT2D eigenvalue weighted by molar-refractivity contribution is 6.30. The topological polar surface area (TPSA) is 116 Å². The van der Waals surface area contributed by atoms with Crippen molar-refractivity contribution in [3.8, 4) is 0 Å². The van der Waals surface area contributed by atoms with Crippen LogP contribution < -0.4 is 10.6 Å². The van der Waals surface area contributed by atoms with Crippen LogP contribution in [0, 0.1) is 0 Å². The first kappa shape index (κ1) is 16.8. The summed E-state index contributed by atoms with van der Waals surface area (Å²) in [5, 5.41) is 22.7. The Labute approximate surface area is 125 Å². The van der Waals surface area contributed by atoms with Crippen molar-refractivity contribution in [1.82, 2.24) is 10.6 Å². The highest BCUT2D eigenvalue weighted by atomic mass is 35.5. The first-order chi connectivity index (χ1) is 9.88. The second kappa shape index (κ2) is 8.11. The molecule has 0 heterocycles. The molecule has 1 aromatic rings. The number of carboxylic acids is 2. The first-order valence-electron chi connectivity index (χ1n) is 6.12. The fourth-order valence-electron chi connectivity index (χ4n) is 1.52. The summed E-state index contributed by atoms with van der Waals surface area (Å²) in [6, 6.07) is 4.87. The molecule has 1 aromatic carbocycles. The molecule has 1 atom stereocenters. The molecule has 0 fully saturated rings. The number of halogens is 1. The first-order valence-corrected chi connectivity index (χ1v) is 6.49. The van der Waals surface area contributed by atoms with Gasteiger partial charge in [0.2, 0.25) is 0 Å². The monoisotopic (exact) mass is 314 g/mol. The minimum atomic E-state index is -1.28. The van der Waals surface area contributed by atoms with Crippen molar-refractivity contribution in [2.24, 2.45) is 0 Å². The van der Waals surface area contributed by atoms with Gasteiger partial charge in [-0.15, -0.1) is 0 Å². The van der Waals surface area contributed by atoms with Gasteiger partial charge in [0, 0.05) is 18.0 Å². The largest absolute Gasteiger partial charge is 0.481 e. The molecule has 0 aliphatic heterocycles. The molecule has 114 valence electrons. The molecule has 21 heavy (non-hydrogen) atoms. The van der Waals surface area contributed by atoms with Gasteiger partial charge in [0.15, 0.2) is 0 Å². The Bertz CT molecular complexity index is 518. The highest BCUT2D eigenvalue weighted by Crippen LogP contribution is 2.09. The molecule has 0 bridgehead atoms. The number of benzene rings is 1. The van der Waals surface area contributed by atoms with Crippen molar-refractivity contribution in [3.63, 3.8) is 0 Å². The molecule has 0 aliphatic rings. The zero-order chi connectivity index (χ0) is 15.8. The molecule has 7 nitrogen and oxygen atoms in total. The van der Waals surface area contributed by atoms with E-state index in [2.05, 4.69) is 10.6 Å². The number of carbonyl (C=O) groups excluding carboxylic acids is 1. The molecule has 0 saturated carbocycles. The Morgan fingerprint density at radius 3 is 2.29 bits per heavy atom. The van der Waals surface area contributed by atoms with Crippen LogP contribution in [-0.4, -0.2) is 34.2 Å². The van der Waals surface area contributed by atoms with Crippen LogP contribution in [0.4, 0.5) is 4.79 Å². The number of aliphatic carboxylic acids is 2. The quantitative estimate of drug-likeness (QED) is 0.608. The van der Waals surface area contributed by atoms with Crippen LogP contribution in [-0.2, 0) is 16.1 Å². The Kier molecular flexibility index (Phi) is 6.48. The van der Waals surface area contributed by atoms with Gasteiger partial charge >= 0.3 is 18.0 Å². The SMILES string of the molecule is O=C(O)CCC(NC(=O)NCc1ccc(Cl)cc1)C(=O)O. The van der Waals surface area contributed by atoms with E-state index in [4.69, 9.17) is 21.8 Å². The van der Waals surface area contributed by atoms with E-state index in [9.17, 15) is 14.4 Å². The lowest BCUT2D eigenvalue weighted by molar-refractivity contribution is -0.140. The van der Waals surface area contributed by atoms with E-state index in [1.165, 1.54) is 0 Å². The minimum absolute atomic E-state index is 0.182. The zero-order valence-corrected chi connectivity index (χ0v) is 11.8. The average molecular weight is 315 g/mol. The van der Waals surface area contributed by atoms with Gasteiger partial charge < -0.3 is 20.8 Å². The summed E-state index contributed by atoms with van der Waals surface area (Å²) in [7, 11) is 0. The number of amides is 2. The lowest BCUT2D eigenvalue weighted by Crippen LogP contribution is -2.45. The summed E-state index contributed by atoms with van der Waals surface area (Å²) in [5.41, 5.74) is 0.798. The lowest BCUT2D eigenvalue weighted by atomic mass is 10.1. The van der Waals surface area contributed by atoms with Gasteiger partial charge in [0.25, 0.3) is 0 Å². The molecule has 8 heteroatoms. The zero-order valence-electron chi connectivity index (χ0n) is 11.0. The maximum absolute atomic E-state index is 11.6. The Hall–Kier alpha value is -2.28. The van der Waals surface area contributed by atoms with E-state index in [0.717, 1.165) is 5.56 Å². The van der Waals surface area contributed by atoms with Gasteiger partial charge in [0.1, 0.15) is 6.04 Å². The van der Waals surface area contributed by atoms with Crippen molar-refractivity contribution in [3.05, 3.63) is 34.9 Å². The third-order valence-corrected chi connectivity index (χ3v) is 2.87. The van der Waals surface area contributed by atoms with Crippen molar-refractivity contribution < 1.29 is 24.6 Å². The normalized spacial score (nSPS) is 11.5. The number of hydrogen-bond acceptors (Lipinski definition) is 3. The van der Waals surface area contributed by atoms with Crippen LogP contribution in [0.1, 0.15) is 18.4 Å². The van der Waals surface area contributed by atoms with Crippen LogP contribution in [0.15, 0.2) is 24.3 Å². The van der Waals surface area contributed by atoms with Crippen LogP contribution >= 0.6 is 11.6 Å². The molecule has 4 N–H and O–H groups in total. The maximum Gasteiger partial charge on any atom is 0.326 e. The van der Waals surface area contributed by atoms with E-state index in [1.54, 1.807) is 24.3 Å². The Balaban J connectivity index is 2.44. The second-order valence-corrected chi connectivity index (χ2v) is 4.71. The van der Waals surface area contributed by atoms with Crippen LogP contribution in [0.5, 0.6) is 0 Å². The number of rotatable bonds is 7. The summed E-state index contributed by atoms with van der Waals surface area (Å²) in [4.78, 5) is 32.9. The van der Waals surface area contributed by atoms with Gasteiger partial charge in [-0.25, -0.2) is 9.59 Å². The van der Waals surface area contributed by atoms with E-state index in [0.29, 0.717) is 5.02 Å². The van der Waals surface area contributed by atoms with E-state index < -0.39 is 24.0 Å². The predicted octanol–water partition coefficient (Wildman–Crippen LogP) is 1.46. The number of nitrogens with one attached hydrogen (secondary N) is 2. The number of carboxylic acid groups (broad SMARTS) is 2. The molecule has 1 unspecified atom stereocenters. The van der Waals surface area contributed by atoms with Crippen molar-refractivity contribution >= 4 is 29.6 Å². The molecule has 2 amide bonds. The average Bonchev–Trinajstić information content (AvgIpc) is 2.42. The molecule has 0 spiro atoms. The van der Waals surface area contributed by atoms with Gasteiger partial charge in [-0.2, -0.15) is 0 Å². The molecule has 0 radical (unpaired) electrons. The van der Waals surface area contributed by atoms with Gasteiger partial charge in [0.05, 0.1) is 0 Å². The molecule has 1 rings (SSSR count). The van der Waals surface area contributed by atoms with Crippen LogP contribution in [0.25, 0.3) is 0 Å². The van der Waals surface area contributed by atoms with Crippen molar-refractivity contribution in [2.75, 3.05) is 0 Å². The predicted molar refractivity (Wildman–Crippen MR) is 75.1 cm³/mol. The smallest absolute Gasteiger partial charge is 0.326 e. The standard InChI is InChI=1S/C13H15ClN2O5/c14-9-3-1-8(2-4-9)7-15-13(21)16-10(12(19)20)5-6-11(17)18/h1-4,10H,5-7H2,(H,17,18)(H,19,20)(H2,15,16,21). The Morgan fingerprint density at radius 1 is 1.14 bits per heavy atom. The Morgan fingerprint density at radius 2 is 1.76 bits per heavy atom. The molecular weight excluding hydrogens is 300 g/mol. The number of urea groups is 1. The lowest BCUT2D eigenvalue weighted by Gasteiger charge is -2.14. The molecular formula is C13H15ClN2O5. The van der Waals surface area contributed by atoms with Crippen molar-refractivity contribution in [1.29, 1.82) is 0 Å². The van der Waals surface area contributed by atoms with Gasteiger partial charge in [-0.05, 0) is 24.1 Å². The summed E-state index contributed by atoms with van der Waals surface area (Å²) >= 11 is 5.73. The summed E-state index contributed by atoms with van der Waals surface area (Å²) in [5.74, 6) is -2.40. The van der Waals surface area contributed by atoms with E-state index in [1.807, 2.05) is 0 Å². The van der Waals surface area contributed by atoms with Gasteiger partial charge in [-0.1, -0.05) is 23.7 Å². The van der Waals surface area contributed by atoms with E-state index in [-0.39, 0.29) is 19.4 Å². The van der Waals surface area contributed by atoms with Crippen molar-refractivity contribution in [2.45, 2.75) is 25.4 Å². The third-order valence-electron chi connectivity index (χ3n) is 2.62. The summed E-state index contributed by atoms with van der Waals surface area (Å²) < 4.78 is 0. The molecule has 0 aliphatic carbocycles. The number of carbonyl (C=O) groups is 3. The summed E-state index contributed by atoms with van der Waals surface area (Å²) in [6.07, 6.45) is -0.520. The van der Waals surface area contributed by atoms with Crippen LogP contribution in [0.3, 0.4) is 0 Å². The molecule has 0 aromatic heterocycles. The number of hydrogen-bond donors (Lipinski definition) is 4. The molecule has 0 saturated heterocycles. The minimum Gasteiger partial charge on any atom is -0.481 e. The maximum atomic E-state index is 11.6.